The van der Waals surface area contributed by atoms with Gasteiger partial charge in [0.25, 0.3) is 0 Å². The van der Waals surface area contributed by atoms with Crippen LogP contribution in [0.4, 0.5) is 23.7 Å². The second-order valence-electron chi connectivity index (χ2n) is 6.51. The molecule has 1 aromatic heterocycles. The maximum Gasteiger partial charge on any atom is 0.416 e. The lowest BCUT2D eigenvalue weighted by Gasteiger charge is -2.38. The van der Waals surface area contributed by atoms with Crippen LogP contribution in [-0.2, 0) is 6.18 Å². The van der Waals surface area contributed by atoms with E-state index in [9.17, 15) is 18.0 Å². The molecule has 2 amide bonds. The van der Waals surface area contributed by atoms with E-state index >= 15 is 0 Å². The number of benzene rings is 2. The summed E-state index contributed by atoms with van der Waals surface area (Å²) in [5.74, 6) is 0. The number of likely N-dealkylation sites (tertiary alicyclic amines) is 1. The maximum atomic E-state index is 12.6. The highest BCUT2D eigenvalue weighted by Crippen LogP contribution is 2.30. The van der Waals surface area contributed by atoms with E-state index < -0.39 is 11.7 Å². The molecule has 0 bridgehead atoms. The monoisotopic (exact) mass is 387 g/mol. The fourth-order valence-electron chi connectivity index (χ4n) is 2.93. The Morgan fingerprint density at radius 2 is 1.71 bits per heavy atom. The Bertz CT molecular complexity index is 963. The molecule has 0 saturated carbocycles. The van der Waals surface area contributed by atoms with Crippen LogP contribution in [0.3, 0.4) is 0 Å². The maximum absolute atomic E-state index is 12.6. The molecule has 0 spiro atoms. The molecule has 3 aromatic rings. The molecule has 4 rings (SSSR count). The van der Waals surface area contributed by atoms with Crippen LogP contribution in [0.25, 0.3) is 11.3 Å². The van der Waals surface area contributed by atoms with Crippen molar-refractivity contribution in [3.63, 3.8) is 0 Å². The first kappa shape index (κ1) is 18.0. The van der Waals surface area contributed by atoms with Crippen LogP contribution >= 0.6 is 0 Å². The van der Waals surface area contributed by atoms with Gasteiger partial charge in [-0.05, 0) is 24.3 Å². The molecule has 0 unspecified atom stereocenters. The molecule has 1 aliphatic heterocycles. The van der Waals surface area contributed by atoms with Gasteiger partial charge in [0.2, 0.25) is 0 Å². The molecule has 28 heavy (non-hydrogen) atoms. The van der Waals surface area contributed by atoms with Crippen molar-refractivity contribution < 1.29 is 18.0 Å². The van der Waals surface area contributed by atoms with Crippen molar-refractivity contribution in [2.24, 2.45) is 0 Å². The third-order valence-electron chi connectivity index (χ3n) is 4.57. The Balaban J connectivity index is 1.33. The number of aromatic nitrogens is 3. The van der Waals surface area contributed by atoms with Crippen molar-refractivity contribution >= 4 is 11.7 Å². The standard InChI is InChI=1S/C19H16F3N5O/c20-19(21,22)14-6-8-15(9-7-14)23-18(28)26-10-16(11-26)27-12-17(24-25-27)13-4-2-1-3-5-13/h1-9,12,16H,10-11H2,(H,23,28). The lowest BCUT2D eigenvalue weighted by atomic mass is 10.1. The number of anilines is 1. The van der Waals surface area contributed by atoms with Gasteiger partial charge in [0, 0.05) is 24.3 Å². The Morgan fingerprint density at radius 1 is 1.04 bits per heavy atom. The second-order valence-corrected chi connectivity index (χ2v) is 6.51. The number of urea groups is 1. The molecule has 1 saturated heterocycles. The van der Waals surface area contributed by atoms with E-state index in [1.165, 1.54) is 12.1 Å². The molecule has 0 atom stereocenters. The summed E-state index contributed by atoms with van der Waals surface area (Å²) in [5.41, 5.74) is 1.28. The van der Waals surface area contributed by atoms with Gasteiger partial charge < -0.3 is 10.2 Å². The molecule has 0 aliphatic carbocycles. The molecular weight excluding hydrogens is 371 g/mol. The second kappa shape index (κ2) is 6.99. The Hall–Kier alpha value is -3.36. The van der Waals surface area contributed by atoms with Crippen molar-refractivity contribution in [2.75, 3.05) is 18.4 Å². The minimum atomic E-state index is -4.40. The molecule has 144 valence electrons. The number of nitrogens with one attached hydrogen (secondary N) is 1. The molecule has 1 fully saturated rings. The summed E-state index contributed by atoms with van der Waals surface area (Å²) in [6, 6.07) is 13.7. The van der Waals surface area contributed by atoms with Crippen molar-refractivity contribution in [2.45, 2.75) is 12.2 Å². The van der Waals surface area contributed by atoms with Crippen LogP contribution in [0.15, 0.2) is 60.8 Å². The molecule has 2 aromatic carbocycles. The third kappa shape index (κ3) is 3.68. The van der Waals surface area contributed by atoms with Gasteiger partial charge in [0.1, 0.15) is 5.69 Å². The summed E-state index contributed by atoms with van der Waals surface area (Å²) < 4.78 is 39.5. The average Bonchev–Trinajstić information content (AvgIpc) is 3.10. The summed E-state index contributed by atoms with van der Waals surface area (Å²) in [4.78, 5) is 13.8. The van der Waals surface area contributed by atoms with Crippen LogP contribution in [-0.4, -0.2) is 39.0 Å². The predicted molar refractivity (Wildman–Crippen MR) is 96.5 cm³/mol. The molecule has 0 radical (unpaired) electrons. The number of carbonyl (C=O) groups excluding carboxylic acids is 1. The van der Waals surface area contributed by atoms with Crippen LogP contribution in [0.2, 0.25) is 0 Å². The van der Waals surface area contributed by atoms with Gasteiger partial charge in [-0.15, -0.1) is 5.10 Å². The largest absolute Gasteiger partial charge is 0.416 e. The molecular formula is C19H16F3N5O. The minimum Gasteiger partial charge on any atom is -0.320 e. The van der Waals surface area contributed by atoms with E-state index in [4.69, 9.17) is 0 Å². The Kier molecular flexibility index (Phi) is 4.50. The lowest BCUT2D eigenvalue weighted by molar-refractivity contribution is -0.137. The van der Waals surface area contributed by atoms with Crippen LogP contribution in [0, 0.1) is 0 Å². The number of hydrogen-bond acceptors (Lipinski definition) is 3. The van der Waals surface area contributed by atoms with Crippen molar-refractivity contribution in [3.05, 3.63) is 66.4 Å². The van der Waals surface area contributed by atoms with Gasteiger partial charge in [-0.1, -0.05) is 35.5 Å². The van der Waals surface area contributed by atoms with Gasteiger partial charge in [-0.25, -0.2) is 9.48 Å². The molecule has 2 heterocycles. The molecule has 1 aliphatic rings. The number of hydrogen-bond donors (Lipinski definition) is 1. The van der Waals surface area contributed by atoms with Crippen molar-refractivity contribution in [1.82, 2.24) is 19.9 Å². The van der Waals surface area contributed by atoms with Crippen molar-refractivity contribution in [3.8, 4) is 11.3 Å². The zero-order valence-electron chi connectivity index (χ0n) is 14.6. The van der Waals surface area contributed by atoms with Gasteiger partial charge >= 0.3 is 12.2 Å². The summed E-state index contributed by atoms with van der Waals surface area (Å²) >= 11 is 0. The summed E-state index contributed by atoms with van der Waals surface area (Å²) in [6.45, 7) is 0.897. The number of carbonyl (C=O) groups is 1. The highest BCUT2D eigenvalue weighted by atomic mass is 19.4. The highest BCUT2D eigenvalue weighted by Gasteiger charge is 2.33. The van der Waals surface area contributed by atoms with Gasteiger partial charge in [0.05, 0.1) is 17.8 Å². The number of amides is 2. The predicted octanol–water partition coefficient (Wildman–Crippen LogP) is 4.05. The van der Waals surface area contributed by atoms with Crippen LogP contribution in [0.1, 0.15) is 11.6 Å². The average molecular weight is 387 g/mol. The van der Waals surface area contributed by atoms with Gasteiger partial charge in [-0.3, -0.25) is 0 Å². The lowest BCUT2D eigenvalue weighted by Crippen LogP contribution is -2.52. The van der Waals surface area contributed by atoms with Crippen LogP contribution in [0.5, 0.6) is 0 Å². The number of nitrogens with zero attached hydrogens (tertiary/aromatic N) is 4. The van der Waals surface area contributed by atoms with Gasteiger partial charge in [-0.2, -0.15) is 13.2 Å². The SMILES string of the molecule is O=C(Nc1ccc(C(F)(F)F)cc1)N1CC(n2cc(-c3ccccc3)nn2)C1. The molecule has 1 N–H and O–H groups in total. The Labute approximate surface area is 158 Å². The Morgan fingerprint density at radius 3 is 2.36 bits per heavy atom. The molecule has 6 nitrogen and oxygen atoms in total. The fourth-order valence-corrected chi connectivity index (χ4v) is 2.93. The first-order chi connectivity index (χ1) is 13.4. The van der Waals surface area contributed by atoms with E-state index in [0.717, 1.165) is 23.4 Å². The molecule has 9 heteroatoms. The first-order valence-electron chi connectivity index (χ1n) is 8.60. The minimum absolute atomic E-state index is 0.0170. The third-order valence-corrected chi connectivity index (χ3v) is 4.57. The van der Waals surface area contributed by atoms with E-state index in [1.54, 1.807) is 9.58 Å². The van der Waals surface area contributed by atoms with E-state index in [0.29, 0.717) is 18.8 Å². The van der Waals surface area contributed by atoms with Crippen LogP contribution < -0.4 is 5.32 Å². The topological polar surface area (TPSA) is 63.1 Å². The van der Waals surface area contributed by atoms with E-state index in [1.807, 2.05) is 36.5 Å². The highest BCUT2D eigenvalue weighted by molar-refractivity contribution is 5.89. The van der Waals surface area contributed by atoms with Gasteiger partial charge in [0.15, 0.2) is 0 Å². The number of alkyl halides is 3. The normalized spacial score (nSPS) is 14.6. The number of halogens is 3. The zero-order chi connectivity index (χ0) is 19.7. The summed E-state index contributed by atoms with van der Waals surface area (Å²) in [6.07, 6.45) is -2.56. The van der Waals surface area contributed by atoms with Crippen molar-refractivity contribution in [1.29, 1.82) is 0 Å². The smallest absolute Gasteiger partial charge is 0.320 e. The summed E-state index contributed by atoms with van der Waals surface area (Å²) in [7, 11) is 0. The quantitative estimate of drug-likeness (QED) is 0.737. The van der Waals surface area contributed by atoms with E-state index in [-0.39, 0.29) is 12.1 Å². The first-order valence-corrected chi connectivity index (χ1v) is 8.60. The fraction of sp³-hybridized carbons (Fsp3) is 0.211. The summed E-state index contributed by atoms with van der Waals surface area (Å²) in [5, 5.41) is 10.9. The zero-order valence-corrected chi connectivity index (χ0v) is 14.6. The van der Waals surface area contributed by atoms with E-state index in [2.05, 4.69) is 15.6 Å². The number of rotatable bonds is 3.